The highest BCUT2D eigenvalue weighted by Gasteiger charge is 2.38. The molecular weight excluding hydrogens is 477 g/mol. The Hall–Kier alpha value is -3.96. The smallest absolute Gasteiger partial charge is 0.443 e. The fourth-order valence-electron chi connectivity index (χ4n) is 3.10. The SMILES string of the molecule is C=C(OP(=O)(Oc1ccccc1)Oc1ccccc1)N(C(=O)OC(C)(C)C)c1ccccc1/C=C/C. The fourth-order valence-corrected chi connectivity index (χ4v) is 4.31. The van der Waals surface area contributed by atoms with Crippen molar-refractivity contribution in [1.82, 2.24) is 0 Å². The predicted octanol–water partition coefficient (Wildman–Crippen LogP) is 8.22. The van der Waals surface area contributed by atoms with Gasteiger partial charge in [0.2, 0.25) is 5.88 Å². The van der Waals surface area contributed by atoms with E-state index in [1.807, 2.05) is 31.2 Å². The molecule has 1 amide bonds. The van der Waals surface area contributed by atoms with Gasteiger partial charge in [-0.1, -0.05) is 66.7 Å². The monoisotopic (exact) mass is 507 g/mol. The summed E-state index contributed by atoms with van der Waals surface area (Å²) in [5.74, 6) is 0.210. The van der Waals surface area contributed by atoms with Gasteiger partial charge in [0.15, 0.2) is 0 Å². The number of anilines is 1. The zero-order valence-electron chi connectivity index (χ0n) is 20.8. The number of phosphoric acid groups is 1. The normalized spacial score (nSPS) is 11.6. The van der Waals surface area contributed by atoms with Crippen molar-refractivity contribution in [3.63, 3.8) is 0 Å². The summed E-state index contributed by atoms with van der Waals surface area (Å²) in [6, 6.07) is 24.0. The summed E-state index contributed by atoms with van der Waals surface area (Å²) in [7, 11) is -4.38. The van der Waals surface area contributed by atoms with Crippen molar-refractivity contribution in [1.29, 1.82) is 0 Å². The van der Waals surface area contributed by atoms with Crippen molar-refractivity contribution >= 4 is 25.7 Å². The number of amides is 1. The molecule has 0 N–H and O–H groups in total. The van der Waals surface area contributed by atoms with Crippen LogP contribution in [0.2, 0.25) is 0 Å². The van der Waals surface area contributed by atoms with Crippen LogP contribution in [0.4, 0.5) is 10.5 Å². The third-order valence-electron chi connectivity index (χ3n) is 4.49. The van der Waals surface area contributed by atoms with Crippen LogP contribution in [-0.4, -0.2) is 11.7 Å². The van der Waals surface area contributed by atoms with Crippen LogP contribution >= 0.6 is 7.82 Å². The molecule has 0 saturated carbocycles. The minimum Gasteiger partial charge on any atom is -0.443 e. The Balaban J connectivity index is 2.02. The highest BCUT2D eigenvalue weighted by molar-refractivity contribution is 7.49. The van der Waals surface area contributed by atoms with Crippen LogP contribution < -0.4 is 13.9 Å². The summed E-state index contributed by atoms with van der Waals surface area (Å²) in [6.07, 6.45) is 2.88. The first-order valence-electron chi connectivity index (χ1n) is 11.3. The van der Waals surface area contributed by atoms with Crippen LogP contribution in [0.1, 0.15) is 33.3 Å². The third-order valence-corrected chi connectivity index (χ3v) is 5.79. The van der Waals surface area contributed by atoms with Gasteiger partial charge in [0.1, 0.15) is 17.1 Å². The lowest BCUT2D eigenvalue weighted by Gasteiger charge is -2.30. The summed E-state index contributed by atoms with van der Waals surface area (Å²) >= 11 is 0. The molecule has 0 atom stereocenters. The second kappa shape index (κ2) is 11.6. The van der Waals surface area contributed by atoms with Crippen molar-refractivity contribution in [2.75, 3.05) is 4.90 Å². The number of allylic oxidation sites excluding steroid dienone is 1. The van der Waals surface area contributed by atoms with Crippen molar-refractivity contribution in [3.8, 4) is 11.5 Å². The number of nitrogens with zero attached hydrogens (tertiary/aromatic N) is 1. The number of para-hydroxylation sites is 3. The number of carbonyl (C=O) groups is 1. The van der Waals surface area contributed by atoms with E-state index in [2.05, 4.69) is 6.58 Å². The number of phosphoric ester groups is 1. The summed E-state index contributed by atoms with van der Waals surface area (Å²) in [5.41, 5.74) is 0.301. The molecule has 0 fully saturated rings. The number of hydrogen-bond acceptors (Lipinski definition) is 6. The van der Waals surface area contributed by atoms with E-state index in [4.69, 9.17) is 18.3 Å². The predicted molar refractivity (Wildman–Crippen MR) is 142 cm³/mol. The van der Waals surface area contributed by atoms with Gasteiger partial charge in [-0.05, 0) is 70.2 Å². The highest BCUT2D eigenvalue weighted by atomic mass is 31.2. The van der Waals surface area contributed by atoms with Gasteiger partial charge in [-0.3, -0.25) is 0 Å². The third kappa shape index (κ3) is 7.52. The van der Waals surface area contributed by atoms with E-state index in [0.29, 0.717) is 11.3 Å². The largest absolute Gasteiger partial charge is 0.648 e. The van der Waals surface area contributed by atoms with Crippen LogP contribution in [0.5, 0.6) is 11.5 Å². The maximum absolute atomic E-state index is 13.9. The van der Waals surface area contributed by atoms with E-state index < -0.39 is 19.5 Å². The van der Waals surface area contributed by atoms with Crippen molar-refractivity contribution < 1.29 is 27.7 Å². The molecule has 8 heteroatoms. The zero-order valence-corrected chi connectivity index (χ0v) is 21.7. The van der Waals surface area contributed by atoms with Gasteiger partial charge in [0.25, 0.3) is 0 Å². The van der Waals surface area contributed by atoms with Crippen LogP contribution in [0.15, 0.2) is 103 Å². The highest BCUT2D eigenvalue weighted by Crippen LogP contribution is 2.52. The van der Waals surface area contributed by atoms with E-state index in [-0.39, 0.29) is 17.4 Å². The Morgan fingerprint density at radius 2 is 1.36 bits per heavy atom. The maximum atomic E-state index is 13.9. The molecular formula is C28H30NO6P. The minimum absolute atomic E-state index is 0.252. The number of hydrogen-bond donors (Lipinski definition) is 0. The van der Waals surface area contributed by atoms with Crippen LogP contribution in [0.3, 0.4) is 0 Å². The summed E-state index contributed by atoms with van der Waals surface area (Å²) in [6.45, 7) is 11.0. The van der Waals surface area contributed by atoms with Gasteiger partial charge in [-0.15, -0.1) is 0 Å². The molecule has 3 rings (SSSR count). The molecule has 0 aliphatic carbocycles. The van der Waals surface area contributed by atoms with Crippen molar-refractivity contribution in [2.24, 2.45) is 0 Å². The first-order chi connectivity index (χ1) is 17.1. The van der Waals surface area contributed by atoms with Crippen molar-refractivity contribution in [2.45, 2.75) is 33.3 Å². The molecule has 3 aromatic carbocycles. The van der Waals surface area contributed by atoms with E-state index in [0.717, 1.165) is 4.90 Å². The molecule has 0 aliphatic rings. The molecule has 0 aliphatic heterocycles. The Labute approximate surface area is 212 Å². The molecule has 0 saturated heterocycles. The molecule has 36 heavy (non-hydrogen) atoms. The van der Waals surface area contributed by atoms with E-state index in [1.165, 1.54) is 0 Å². The molecule has 0 radical (unpaired) electrons. The Morgan fingerprint density at radius 3 is 1.86 bits per heavy atom. The molecule has 0 bridgehead atoms. The van der Waals surface area contributed by atoms with Crippen LogP contribution in [0, 0.1) is 0 Å². The second-order valence-corrected chi connectivity index (χ2v) is 10.1. The van der Waals surface area contributed by atoms with Gasteiger partial charge in [0, 0.05) is 0 Å². The van der Waals surface area contributed by atoms with Gasteiger partial charge in [-0.2, -0.15) is 4.57 Å². The summed E-state index contributed by atoms with van der Waals surface area (Å²) in [4.78, 5) is 14.4. The molecule has 0 aromatic heterocycles. The summed E-state index contributed by atoms with van der Waals surface area (Å²) < 4.78 is 36.6. The molecule has 0 heterocycles. The van der Waals surface area contributed by atoms with Crippen LogP contribution in [0.25, 0.3) is 6.08 Å². The first kappa shape index (κ1) is 26.6. The van der Waals surface area contributed by atoms with Crippen molar-refractivity contribution in [3.05, 3.63) is 109 Å². The second-order valence-electron chi connectivity index (χ2n) is 8.62. The van der Waals surface area contributed by atoms with Gasteiger partial charge in [0.05, 0.1) is 5.69 Å². The lowest BCUT2D eigenvalue weighted by molar-refractivity contribution is 0.0576. The molecule has 3 aromatic rings. The van der Waals surface area contributed by atoms with E-state index in [1.54, 1.807) is 93.6 Å². The standard InChI is InChI=1S/C28H30NO6P/c1-6-15-23-16-13-14-21-26(23)29(27(30)32-28(3,4)5)22(2)33-36(31,34-24-17-9-7-10-18-24)35-25-19-11-8-12-20-25/h6-21H,2H2,1,3-5H3/b15-6+. The average molecular weight is 508 g/mol. The van der Waals surface area contributed by atoms with E-state index in [9.17, 15) is 9.36 Å². The Kier molecular flexibility index (Phi) is 8.62. The molecule has 7 nitrogen and oxygen atoms in total. The Morgan fingerprint density at radius 1 is 0.861 bits per heavy atom. The maximum Gasteiger partial charge on any atom is 0.648 e. The molecule has 0 unspecified atom stereocenters. The quantitative estimate of drug-likeness (QED) is 0.215. The zero-order chi connectivity index (χ0) is 26.2. The lowest BCUT2D eigenvalue weighted by Crippen LogP contribution is -2.37. The minimum atomic E-state index is -4.38. The lowest BCUT2D eigenvalue weighted by atomic mass is 10.1. The number of carbonyl (C=O) groups excluding carboxylic acids is 1. The van der Waals surface area contributed by atoms with E-state index >= 15 is 0 Å². The topological polar surface area (TPSA) is 74.3 Å². The number of benzene rings is 3. The first-order valence-corrected chi connectivity index (χ1v) is 12.8. The van der Waals surface area contributed by atoms with Gasteiger partial charge >= 0.3 is 13.9 Å². The molecule has 188 valence electrons. The average Bonchev–Trinajstić information content (AvgIpc) is 2.80. The number of ether oxygens (including phenoxy) is 1. The molecule has 0 spiro atoms. The summed E-state index contributed by atoms with van der Waals surface area (Å²) in [5, 5.41) is 0. The van der Waals surface area contributed by atoms with Crippen LogP contribution in [-0.2, 0) is 13.8 Å². The number of rotatable bonds is 9. The van der Waals surface area contributed by atoms with Gasteiger partial charge in [-0.25, -0.2) is 9.69 Å². The van der Waals surface area contributed by atoms with Gasteiger partial charge < -0.3 is 18.3 Å². The fraction of sp³-hybridized carbons (Fsp3) is 0.179. The Bertz CT molecular complexity index is 1210.